The van der Waals surface area contributed by atoms with Gasteiger partial charge < -0.3 is 9.80 Å². The summed E-state index contributed by atoms with van der Waals surface area (Å²) < 4.78 is 0. The molecule has 1 aliphatic rings. The van der Waals surface area contributed by atoms with Gasteiger partial charge in [-0.3, -0.25) is 9.59 Å². The fourth-order valence-corrected chi connectivity index (χ4v) is 2.20. The van der Waals surface area contributed by atoms with Crippen LogP contribution in [0.4, 0.5) is 0 Å². The standard InChI is InChI=1S/C11H20N2O2/c1-7-8(2)13(9(7)14)11(3,4)10(15)12(5)6/h7-8H,1-6H3. The molecule has 1 rings (SSSR count). The van der Waals surface area contributed by atoms with Crippen molar-refractivity contribution < 1.29 is 9.59 Å². The molecule has 1 fully saturated rings. The van der Waals surface area contributed by atoms with Gasteiger partial charge in [-0.1, -0.05) is 6.92 Å². The summed E-state index contributed by atoms with van der Waals surface area (Å²) in [5.74, 6) is 0.0801. The Balaban J connectivity index is 2.88. The third-order valence-corrected chi connectivity index (χ3v) is 3.29. The third kappa shape index (κ3) is 1.62. The summed E-state index contributed by atoms with van der Waals surface area (Å²) in [7, 11) is 3.42. The predicted molar refractivity (Wildman–Crippen MR) is 58.2 cm³/mol. The second-order valence-electron chi connectivity index (χ2n) is 5.00. The van der Waals surface area contributed by atoms with Crippen molar-refractivity contribution in [3.05, 3.63) is 0 Å². The first-order valence-corrected chi connectivity index (χ1v) is 5.26. The number of carbonyl (C=O) groups is 2. The van der Waals surface area contributed by atoms with Gasteiger partial charge in [0.2, 0.25) is 11.8 Å². The van der Waals surface area contributed by atoms with E-state index in [1.54, 1.807) is 32.8 Å². The molecule has 0 aromatic carbocycles. The van der Waals surface area contributed by atoms with E-state index in [0.717, 1.165) is 0 Å². The molecule has 1 saturated heterocycles. The zero-order valence-corrected chi connectivity index (χ0v) is 10.4. The number of likely N-dealkylation sites (N-methyl/N-ethyl adjacent to an activating group) is 1. The van der Waals surface area contributed by atoms with Crippen LogP contribution in [0.25, 0.3) is 0 Å². The van der Waals surface area contributed by atoms with Crippen LogP contribution in [-0.4, -0.2) is 47.3 Å². The largest absolute Gasteiger partial charge is 0.347 e. The second-order valence-corrected chi connectivity index (χ2v) is 5.00. The summed E-state index contributed by atoms with van der Waals surface area (Å²) >= 11 is 0. The van der Waals surface area contributed by atoms with Crippen LogP contribution in [0.2, 0.25) is 0 Å². The van der Waals surface area contributed by atoms with Crippen LogP contribution in [0.3, 0.4) is 0 Å². The zero-order chi connectivity index (χ0) is 12.0. The average Bonchev–Trinajstić information content (AvgIpc) is 2.15. The maximum Gasteiger partial charge on any atom is 0.247 e. The Morgan fingerprint density at radius 1 is 1.33 bits per heavy atom. The molecule has 0 bridgehead atoms. The topological polar surface area (TPSA) is 40.6 Å². The van der Waals surface area contributed by atoms with Gasteiger partial charge in [-0.15, -0.1) is 0 Å². The van der Waals surface area contributed by atoms with E-state index in [1.807, 2.05) is 13.8 Å². The van der Waals surface area contributed by atoms with Gasteiger partial charge in [-0.2, -0.15) is 0 Å². The molecule has 0 aromatic rings. The molecule has 86 valence electrons. The molecule has 2 amide bonds. The monoisotopic (exact) mass is 212 g/mol. The lowest BCUT2D eigenvalue weighted by atomic mass is 9.83. The van der Waals surface area contributed by atoms with Crippen LogP contribution >= 0.6 is 0 Å². The van der Waals surface area contributed by atoms with Crippen molar-refractivity contribution in [1.29, 1.82) is 0 Å². The minimum absolute atomic E-state index is 0.0328. The number of β-lactam (4-membered cyclic amide) rings is 1. The molecule has 2 atom stereocenters. The lowest BCUT2D eigenvalue weighted by Gasteiger charge is -2.52. The molecular weight excluding hydrogens is 192 g/mol. The van der Waals surface area contributed by atoms with Crippen LogP contribution in [-0.2, 0) is 9.59 Å². The smallest absolute Gasteiger partial charge is 0.247 e. The lowest BCUT2D eigenvalue weighted by molar-refractivity contribution is -0.171. The minimum Gasteiger partial charge on any atom is -0.347 e. The van der Waals surface area contributed by atoms with E-state index < -0.39 is 5.54 Å². The van der Waals surface area contributed by atoms with E-state index in [4.69, 9.17) is 0 Å². The van der Waals surface area contributed by atoms with Gasteiger partial charge in [0.1, 0.15) is 5.54 Å². The fraction of sp³-hybridized carbons (Fsp3) is 0.818. The molecule has 2 unspecified atom stereocenters. The van der Waals surface area contributed by atoms with Gasteiger partial charge in [-0.05, 0) is 20.8 Å². The van der Waals surface area contributed by atoms with Gasteiger partial charge in [0.25, 0.3) is 0 Å². The van der Waals surface area contributed by atoms with Gasteiger partial charge in [0.15, 0.2) is 0 Å². The number of likely N-dealkylation sites (tertiary alicyclic amines) is 1. The molecule has 1 aliphatic heterocycles. The van der Waals surface area contributed by atoms with E-state index in [-0.39, 0.29) is 23.8 Å². The highest BCUT2D eigenvalue weighted by Crippen LogP contribution is 2.34. The number of nitrogens with zero attached hydrogens (tertiary/aromatic N) is 2. The summed E-state index contributed by atoms with van der Waals surface area (Å²) in [6.45, 7) is 7.49. The average molecular weight is 212 g/mol. The highest BCUT2D eigenvalue weighted by atomic mass is 16.2. The van der Waals surface area contributed by atoms with Crippen molar-refractivity contribution in [2.45, 2.75) is 39.3 Å². The first kappa shape index (κ1) is 12.0. The summed E-state index contributed by atoms with van der Waals surface area (Å²) in [5, 5.41) is 0. The Morgan fingerprint density at radius 2 is 1.80 bits per heavy atom. The lowest BCUT2D eigenvalue weighted by Crippen LogP contribution is -2.69. The van der Waals surface area contributed by atoms with Crippen LogP contribution in [0.1, 0.15) is 27.7 Å². The highest BCUT2D eigenvalue weighted by Gasteiger charge is 2.51. The molecule has 0 N–H and O–H groups in total. The molecular formula is C11H20N2O2. The highest BCUT2D eigenvalue weighted by molar-refractivity contribution is 5.94. The molecule has 0 radical (unpaired) electrons. The Morgan fingerprint density at radius 3 is 2.13 bits per heavy atom. The Hall–Kier alpha value is -1.06. The first-order valence-electron chi connectivity index (χ1n) is 5.26. The number of hydrogen-bond donors (Lipinski definition) is 0. The zero-order valence-electron chi connectivity index (χ0n) is 10.4. The van der Waals surface area contributed by atoms with E-state index in [1.165, 1.54) is 4.90 Å². The van der Waals surface area contributed by atoms with Gasteiger partial charge in [0, 0.05) is 20.1 Å². The molecule has 4 heteroatoms. The molecule has 15 heavy (non-hydrogen) atoms. The predicted octanol–water partition coefficient (Wildman–Crippen LogP) is 0.720. The van der Waals surface area contributed by atoms with E-state index >= 15 is 0 Å². The molecule has 4 nitrogen and oxygen atoms in total. The van der Waals surface area contributed by atoms with Gasteiger partial charge in [-0.25, -0.2) is 0 Å². The van der Waals surface area contributed by atoms with Crippen molar-refractivity contribution in [2.75, 3.05) is 14.1 Å². The third-order valence-electron chi connectivity index (χ3n) is 3.29. The molecule has 1 heterocycles. The fourth-order valence-electron chi connectivity index (χ4n) is 2.20. The molecule has 0 spiro atoms. The van der Waals surface area contributed by atoms with Crippen molar-refractivity contribution in [3.63, 3.8) is 0 Å². The summed E-state index contributed by atoms with van der Waals surface area (Å²) in [4.78, 5) is 26.8. The van der Waals surface area contributed by atoms with Gasteiger partial charge in [0.05, 0.1) is 5.92 Å². The molecule has 0 aliphatic carbocycles. The second kappa shape index (κ2) is 3.51. The van der Waals surface area contributed by atoms with E-state index in [0.29, 0.717) is 0 Å². The van der Waals surface area contributed by atoms with Gasteiger partial charge >= 0.3 is 0 Å². The van der Waals surface area contributed by atoms with Crippen molar-refractivity contribution in [1.82, 2.24) is 9.80 Å². The molecule has 0 aromatic heterocycles. The number of carbonyl (C=O) groups excluding carboxylic acids is 2. The van der Waals surface area contributed by atoms with Crippen molar-refractivity contribution in [2.24, 2.45) is 5.92 Å². The summed E-state index contributed by atoms with van der Waals surface area (Å²) in [6.07, 6.45) is 0. The van der Waals surface area contributed by atoms with Crippen molar-refractivity contribution in [3.8, 4) is 0 Å². The summed E-state index contributed by atoms with van der Waals surface area (Å²) in [5.41, 5.74) is -0.730. The maximum atomic E-state index is 11.9. The Kier molecular flexibility index (Phi) is 2.81. The van der Waals surface area contributed by atoms with Crippen LogP contribution in [0, 0.1) is 5.92 Å². The van der Waals surface area contributed by atoms with E-state index in [9.17, 15) is 9.59 Å². The maximum absolute atomic E-state index is 11.9. The van der Waals surface area contributed by atoms with Crippen LogP contribution in [0.5, 0.6) is 0 Å². The number of amides is 2. The SMILES string of the molecule is CC1C(=O)N(C(C)(C)C(=O)N(C)C)C1C. The summed E-state index contributed by atoms with van der Waals surface area (Å²) in [6, 6.07) is 0.149. The molecule has 0 saturated carbocycles. The van der Waals surface area contributed by atoms with Crippen molar-refractivity contribution >= 4 is 11.8 Å². The Bertz CT molecular complexity index is 297. The number of hydrogen-bond acceptors (Lipinski definition) is 2. The quantitative estimate of drug-likeness (QED) is 0.633. The normalized spacial score (nSPS) is 26.3. The van der Waals surface area contributed by atoms with E-state index in [2.05, 4.69) is 0 Å². The minimum atomic E-state index is -0.730. The first-order chi connectivity index (χ1) is 6.71. The number of rotatable bonds is 2. The Labute approximate surface area is 91.2 Å². The van der Waals surface area contributed by atoms with Crippen LogP contribution < -0.4 is 0 Å². The van der Waals surface area contributed by atoms with Crippen LogP contribution in [0.15, 0.2) is 0 Å².